The number of nitrogens with zero attached hydrogens (tertiary/aromatic N) is 3. The van der Waals surface area contributed by atoms with E-state index in [2.05, 4.69) is 52.4 Å². The molecule has 1 aliphatic rings. The van der Waals surface area contributed by atoms with Crippen molar-refractivity contribution in [2.24, 2.45) is 5.73 Å². The first-order valence-corrected chi connectivity index (χ1v) is 9.40. The van der Waals surface area contributed by atoms with Crippen LogP contribution in [0.1, 0.15) is 28.3 Å². The maximum absolute atomic E-state index is 9.66. The van der Waals surface area contributed by atoms with Crippen LogP contribution in [-0.4, -0.2) is 15.2 Å². The third-order valence-corrected chi connectivity index (χ3v) is 5.50. The lowest BCUT2D eigenvalue weighted by atomic mass is 9.85. The van der Waals surface area contributed by atoms with Crippen molar-refractivity contribution in [1.82, 2.24) is 15.2 Å². The molecule has 1 aromatic carbocycles. The van der Waals surface area contributed by atoms with Gasteiger partial charge in [0.2, 0.25) is 11.8 Å². The summed E-state index contributed by atoms with van der Waals surface area (Å²) in [5, 5.41) is 17.0. The fourth-order valence-corrected chi connectivity index (χ4v) is 3.96. The summed E-state index contributed by atoms with van der Waals surface area (Å²) < 4.78 is 5.60. The van der Waals surface area contributed by atoms with E-state index < -0.39 is 0 Å². The highest BCUT2D eigenvalue weighted by Gasteiger charge is 2.35. The lowest BCUT2D eigenvalue weighted by molar-refractivity contribution is 0.378. The Bertz CT molecular complexity index is 1030. The number of pyridine rings is 1. The van der Waals surface area contributed by atoms with Gasteiger partial charge in [-0.3, -0.25) is 10.1 Å². The first-order chi connectivity index (χ1) is 13.2. The van der Waals surface area contributed by atoms with Gasteiger partial charge in [-0.15, -0.1) is 16.9 Å². The Morgan fingerprint density at radius 2 is 1.96 bits per heavy atom. The minimum absolute atomic E-state index is 0.0936. The molecule has 1 aliphatic heterocycles. The van der Waals surface area contributed by atoms with E-state index in [-0.39, 0.29) is 11.8 Å². The maximum atomic E-state index is 9.66. The molecule has 0 fully saturated rings. The average molecular weight is 375 g/mol. The lowest BCUT2D eigenvalue weighted by Gasteiger charge is -2.23. The van der Waals surface area contributed by atoms with Crippen LogP contribution in [0.4, 0.5) is 0 Å². The van der Waals surface area contributed by atoms with Crippen LogP contribution in [0.5, 0.6) is 5.88 Å². The molecule has 7 heteroatoms. The molecule has 1 unspecified atom stereocenters. The van der Waals surface area contributed by atoms with E-state index in [4.69, 9.17) is 10.5 Å². The van der Waals surface area contributed by atoms with Crippen LogP contribution in [-0.2, 0) is 5.75 Å². The number of allylic oxidation sites excluding steroid dienone is 1. The number of hydrogen-bond donors (Lipinski definition) is 2. The summed E-state index contributed by atoms with van der Waals surface area (Å²) in [4.78, 5) is 5.23. The molecule has 0 radical (unpaired) electrons. The zero-order valence-electron chi connectivity index (χ0n) is 14.6. The summed E-state index contributed by atoms with van der Waals surface area (Å²) in [6, 6.07) is 14.3. The van der Waals surface area contributed by atoms with E-state index in [1.807, 2.05) is 12.1 Å². The number of H-pyrrole nitrogens is 1. The first-order valence-electron chi connectivity index (χ1n) is 8.41. The number of benzene rings is 1. The normalized spacial score (nSPS) is 15.8. The summed E-state index contributed by atoms with van der Waals surface area (Å²) in [7, 11) is 0. The number of aromatic nitrogens is 3. The minimum atomic E-state index is -0.325. The quantitative estimate of drug-likeness (QED) is 0.676. The summed E-state index contributed by atoms with van der Waals surface area (Å²) in [6.07, 6.45) is 3.41. The number of nitrogens with one attached hydrogen (secondary N) is 1. The van der Waals surface area contributed by atoms with E-state index in [1.165, 1.54) is 5.56 Å². The Kier molecular flexibility index (Phi) is 4.57. The smallest absolute Gasteiger partial charge is 0.244 e. The van der Waals surface area contributed by atoms with Crippen LogP contribution in [0.25, 0.3) is 0 Å². The number of ether oxygens (including phenoxy) is 1. The molecule has 27 heavy (non-hydrogen) atoms. The third-order valence-electron chi connectivity index (χ3n) is 4.46. The molecule has 2 aromatic heterocycles. The standard InChI is InChI=1S/C20H17N5OS/c1-12-2-4-14(5-3-12)27-11-16-18-17(13-6-8-23-9-7-13)15(10-21)19(22)26-20(18)25-24-16/h2-9,17H,11,22H2,1H3,(H,24,25). The van der Waals surface area contributed by atoms with Crippen molar-refractivity contribution in [1.29, 1.82) is 5.26 Å². The van der Waals surface area contributed by atoms with Crippen molar-refractivity contribution in [2.45, 2.75) is 23.5 Å². The van der Waals surface area contributed by atoms with Crippen LogP contribution in [0.2, 0.25) is 0 Å². The minimum Gasteiger partial charge on any atom is -0.420 e. The number of thioether (sulfide) groups is 1. The Morgan fingerprint density at radius 1 is 1.22 bits per heavy atom. The highest BCUT2D eigenvalue weighted by molar-refractivity contribution is 7.98. The Hall–Kier alpha value is -3.24. The summed E-state index contributed by atoms with van der Waals surface area (Å²) in [5.41, 5.74) is 10.3. The van der Waals surface area contributed by atoms with Gasteiger partial charge in [0.15, 0.2) is 0 Å². The van der Waals surface area contributed by atoms with Gasteiger partial charge in [0.25, 0.3) is 0 Å². The Balaban J connectivity index is 1.71. The van der Waals surface area contributed by atoms with Gasteiger partial charge in [0.05, 0.1) is 17.2 Å². The molecule has 6 nitrogen and oxygen atoms in total. The van der Waals surface area contributed by atoms with E-state index in [9.17, 15) is 5.26 Å². The Labute approximate surface area is 161 Å². The predicted molar refractivity (Wildman–Crippen MR) is 103 cm³/mol. The second-order valence-electron chi connectivity index (χ2n) is 6.23. The number of fused-ring (bicyclic) bond motifs is 1. The average Bonchev–Trinajstić information content (AvgIpc) is 3.09. The molecule has 1 atom stereocenters. The highest BCUT2D eigenvalue weighted by Crippen LogP contribution is 2.43. The monoisotopic (exact) mass is 375 g/mol. The van der Waals surface area contributed by atoms with Crippen molar-refractivity contribution in [3.63, 3.8) is 0 Å². The van der Waals surface area contributed by atoms with Crippen molar-refractivity contribution in [2.75, 3.05) is 0 Å². The largest absolute Gasteiger partial charge is 0.420 e. The highest BCUT2D eigenvalue weighted by atomic mass is 32.2. The number of aryl methyl sites for hydroxylation is 1. The topological polar surface area (TPSA) is 101 Å². The van der Waals surface area contributed by atoms with Gasteiger partial charge < -0.3 is 10.5 Å². The van der Waals surface area contributed by atoms with Gasteiger partial charge in [0, 0.05) is 23.0 Å². The van der Waals surface area contributed by atoms with E-state index >= 15 is 0 Å². The molecule has 3 aromatic rings. The molecule has 0 amide bonds. The number of nitriles is 1. The molecule has 0 spiro atoms. The van der Waals surface area contributed by atoms with Gasteiger partial charge in [-0.2, -0.15) is 5.26 Å². The molecular formula is C20H17N5OS. The van der Waals surface area contributed by atoms with Gasteiger partial charge >= 0.3 is 0 Å². The summed E-state index contributed by atoms with van der Waals surface area (Å²) in [6.45, 7) is 2.07. The zero-order valence-corrected chi connectivity index (χ0v) is 15.5. The molecule has 3 N–H and O–H groups in total. The predicted octanol–water partition coefficient (Wildman–Crippen LogP) is 3.62. The molecule has 0 aliphatic carbocycles. The van der Waals surface area contributed by atoms with Crippen LogP contribution >= 0.6 is 11.8 Å². The van der Waals surface area contributed by atoms with Crippen LogP contribution in [0.15, 0.2) is 65.1 Å². The van der Waals surface area contributed by atoms with Crippen LogP contribution in [0, 0.1) is 18.3 Å². The number of aromatic amines is 1. The number of rotatable bonds is 4. The van der Waals surface area contributed by atoms with Gasteiger partial charge in [-0.1, -0.05) is 17.7 Å². The molecule has 4 rings (SSSR count). The van der Waals surface area contributed by atoms with E-state index in [1.54, 1.807) is 24.2 Å². The second kappa shape index (κ2) is 7.17. The molecule has 0 saturated heterocycles. The fraction of sp³-hybridized carbons (Fsp3) is 0.150. The van der Waals surface area contributed by atoms with Gasteiger partial charge in [-0.05, 0) is 36.8 Å². The lowest BCUT2D eigenvalue weighted by Crippen LogP contribution is -2.21. The Morgan fingerprint density at radius 3 is 2.67 bits per heavy atom. The first kappa shape index (κ1) is 17.2. The third kappa shape index (κ3) is 3.27. The van der Waals surface area contributed by atoms with Crippen LogP contribution < -0.4 is 10.5 Å². The van der Waals surface area contributed by atoms with Crippen LogP contribution in [0.3, 0.4) is 0 Å². The fourth-order valence-electron chi connectivity index (χ4n) is 3.10. The van der Waals surface area contributed by atoms with Crippen molar-refractivity contribution >= 4 is 11.8 Å². The van der Waals surface area contributed by atoms with Crippen molar-refractivity contribution < 1.29 is 4.74 Å². The molecule has 134 valence electrons. The van der Waals surface area contributed by atoms with Crippen molar-refractivity contribution in [3.8, 4) is 11.9 Å². The van der Waals surface area contributed by atoms with Crippen molar-refractivity contribution in [3.05, 3.63) is 82.6 Å². The van der Waals surface area contributed by atoms with Gasteiger partial charge in [0.1, 0.15) is 11.6 Å². The molecule has 0 bridgehead atoms. The van der Waals surface area contributed by atoms with E-state index in [0.717, 1.165) is 21.7 Å². The molecular weight excluding hydrogens is 358 g/mol. The second-order valence-corrected chi connectivity index (χ2v) is 7.28. The summed E-state index contributed by atoms with van der Waals surface area (Å²) in [5.74, 6) is 0.868. The molecule has 3 heterocycles. The zero-order chi connectivity index (χ0) is 18.8. The van der Waals surface area contributed by atoms with Gasteiger partial charge in [-0.25, -0.2) is 0 Å². The molecule has 0 saturated carbocycles. The SMILES string of the molecule is Cc1ccc(SCc2[nH]nc3c2C(c2ccncc2)C(C#N)=C(N)O3)cc1. The summed E-state index contributed by atoms with van der Waals surface area (Å²) >= 11 is 1.70. The number of hydrogen-bond acceptors (Lipinski definition) is 6. The number of nitrogens with two attached hydrogens (primary N) is 1. The van der Waals surface area contributed by atoms with E-state index in [0.29, 0.717) is 17.2 Å². The maximum Gasteiger partial charge on any atom is 0.244 e.